The molecule has 0 saturated heterocycles. The van der Waals surface area contributed by atoms with E-state index in [0.29, 0.717) is 39.0 Å². The van der Waals surface area contributed by atoms with Crippen molar-refractivity contribution in [3.8, 4) is 28.2 Å². The van der Waals surface area contributed by atoms with Crippen molar-refractivity contribution in [1.82, 2.24) is 35.1 Å². The van der Waals surface area contributed by atoms with Crippen LogP contribution >= 0.6 is 23.2 Å². The fraction of sp³-hybridized carbons (Fsp3) is 0.196. The Balaban J connectivity index is 1.39. The lowest BCUT2D eigenvalue weighted by Gasteiger charge is -2.26. The maximum Gasteiger partial charge on any atom is 0.336 e. The van der Waals surface area contributed by atoms with Crippen LogP contribution in [0.15, 0.2) is 137 Å². The van der Waals surface area contributed by atoms with Gasteiger partial charge < -0.3 is 25.1 Å². The van der Waals surface area contributed by atoms with Gasteiger partial charge in [0.05, 0.1) is 49.5 Å². The summed E-state index contributed by atoms with van der Waals surface area (Å²) in [5.74, 6) is -1.99. The van der Waals surface area contributed by atoms with Crippen molar-refractivity contribution in [2.45, 2.75) is 52.1 Å². The number of carboxylic acids is 1. The molecule has 16 heteroatoms. The number of benzene rings is 3. The molecule has 0 atom stereocenters. The Kier molecular flexibility index (Phi) is 14.9. The zero-order valence-electron chi connectivity index (χ0n) is 36.1. The van der Waals surface area contributed by atoms with Gasteiger partial charge >= 0.3 is 5.97 Å². The van der Waals surface area contributed by atoms with Gasteiger partial charge in [0.25, 0.3) is 5.91 Å². The summed E-state index contributed by atoms with van der Waals surface area (Å²) in [6, 6.07) is 29.4. The summed E-state index contributed by atoms with van der Waals surface area (Å²) < 4.78 is 6.96. The number of aliphatic hydroxyl groups is 1. The lowest BCUT2D eigenvalue weighted by atomic mass is 9.87. The van der Waals surface area contributed by atoms with E-state index >= 15 is 0 Å². The van der Waals surface area contributed by atoms with E-state index in [9.17, 15) is 29.7 Å². The van der Waals surface area contributed by atoms with E-state index in [2.05, 4.69) is 25.3 Å². The second-order valence-corrected chi connectivity index (χ2v) is 16.7. The van der Waals surface area contributed by atoms with E-state index in [-0.39, 0.29) is 97.7 Å². The van der Waals surface area contributed by atoms with Crippen molar-refractivity contribution >= 4 is 46.0 Å². The molecule has 1 aliphatic heterocycles. The third-order valence-corrected chi connectivity index (χ3v) is 11.8. The highest BCUT2D eigenvalue weighted by molar-refractivity contribution is 6.33. The zero-order valence-corrected chi connectivity index (χ0v) is 37.6. The summed E-state index contributed by atoms with van der Waals surface area (Å²) in [5, 5.41) is 35.0. The van der Waals surface area contributed by atoms with Crippen LogP contribution in [0.4, 0.5) is 0 Å². The van der Waals surface area contributed by atoms with Gasteiger partial charge in [0, 0.05) is 99.3 Å². The van der Waals surface area contributed by atoms with Gasteiger partial charge in [-0.15, -0.1) is 0 Å². The summed E-state index contributed by atoms with van der Waals surface area (Å²) in [4.78, 5) is 63.6. The number of halogens is 2. The number of phenols is 1. The molecule has 0 bridgehead atoms. The van der Waals surface area contributed by atoms with Gasteiger partial charge in [-0.3, -0.25) is 39.3 Å². The first-order valence-electron chi connectivity index (χ1n) is 21.5. The minimum atomic E-state index is -1.29. The summed E-state index contributed by atoms with van der Waals surface area (Å²) in [5.41, 5.74) is 3.47. The number of carboxylic acid groups (broad SMARTS) is 1. The SMILES string of the molecule is O=C(NCCCCO)c1ccc(C(=O)O)c(-c2c3cc(Cl)c(=O)c(CN(Cc4ccccn4)Cc4ccccn4)c-3oc3c(CN(Cc4ccccn4)Cc4ccccn4)c(O)c(Cl)cc23)c1. The zero-order chi connectivity index (χ0) is 46.9. The summed E-state index contributed by atoms with van der Waals surface area (Å²) in [6.45, 7) is 1.44. The topological polar surface area (TPSA) is 195 Å². The number of nitrogens with zero attached hydrogens (tertiary/aromatic N) is 6. The first kappa shape index (κ1) is 46.5. The van der Waals surface area contributed by atoms with Gasteiger partial charge in [0.1, 0.15) is 17.1 Å². The Morgan fingerprint density at radius 1 is 0.642 bits per heavy atom. The number of fused-ring (bicyclic) bond motifs is 2. The number of carbonyl (C=O) groups excluding carboxylic acids is 1. The van der Waals surface area contributed by atoms with E-state index in [0.717, 1.165) is 22.8 Å². The molecule has 5 heterocycles. The number of unbranched alkanes of at least 4 members (excludes halogenated alkanes) is 1. The number of aromatic nitrogens is 4. The molecule has 14 nitrogen and oxygen atoms in total. The maximum absolute atomic E-state index is 14.6. The molecule has 6 aromatic rings. The molecule has 2 aliphatic rings. The summed E-state index contributed by atoms with van der Waals surface area (Å²) in [6.07, 6.45) is 7.76. The highest BCUT2D eigenvalue weighted by Gasteiger charge is 2.31. The smallest absolute Gasteiger partial charge is 0.336 e. The number of amides is 1. The molecule has 1 aliphatic carbocycles. The lowest BCUT2D eigenvalue weighted by molar-refractivity contribution is 0.0697. The van der Waals surface area contributed by atoms with Gasteiger partial charge in [0.2, 0.25) is 5.43 Å². The van der Waals surface area contributed by atoms with Crippen molar-refractivity contribution in [3.05, 3.63) is 193 Å². The molecular weight excluding hydrogens is 894 g/mol. The monoisotopic (exact) mass is 937 g/mol. The fourth-order valence-corrected chi connectivity index (χ4v) is 8.51. The predicted octanol–water partition coefficient (Wildman–Crippen LogP) is 8.76. The molecule has 8 rings (SSSR count). The number of carbonyl (C=O) groups is 2. The molecular formula is C51H45Cl2N7O7. The predicted molar refractivity (Wildman–Crippen MR) is 255 cm³/mol. The Bertz CT molecular complexity index is 2950. The van der Waals surface area contributed by atoms with E-state index < -0.39 is 17.3 Å². The van der Waals surface area contributed by atoms with Gasteiger partial charge in [-0.25, -0.2) is 4.79 Å². The number of nitrogens with one attached hydrogen (secondary N) is 1. The quantitative estimate of drug-likeness (QED) is 0.0444. The average molecular weight is 939 g/mol. The molecule has 0 spiro atoms. The molecule has 0 saturated carbocycles. The van der Waals surface area contributed by atoms with E-state index in [1.807, 2.05) is 82.6 Å². The van der Waals surface area contributed by atoms with E-state index in [1.54, 1.807) is 24.8 Å². The van der Waals surface area contributed by atoms with Crippen LogP contribution in [0.25, 0.3) is 33.4 Å². The molecule has 0 radical (unpaired) electrons. The molecule has 2 aromatic carbocycles. The number of phenolic OH excluding ortho intramolecular Hbond substituents is 1. The summed E-state index contributed by atoms with van der Waals surface area (Å²) in [7, 11) is 0. The Morgan fingerprint density at radius 2 is 1.18 bits per heavy atom. The van der Waals surface area contributed by atoms with Crippen molar-refractivity contribution in [2.24, 2.45) is 0 Å². The molecule has 4 N–H and O–H groups in total. The van der Waals surface area contributed by atoms with Gasteiger partial charge in [0.15, 0.2) is 0 Å². The highest BCUT2D eigenvalue weighted by atomic mass is 35.5. The molecule has 0 unspecified atom stereocenters. The average Bonchev–Trinajstić information content (AvgIpc) is 3.34. The van der Waals surface area contributed by atoms with Gasteiger partial charge in [-0.2, -0.15) is 0 Å². The number of pyridine rings is 4. The number of aromatic carboxylic acids is 1. The Hall–Kier alpha value is -7.07. The second-order valence-electron chi connectivity index (χ2n) is 15.9. The van der Waals surface area contributed by atoms with Crippen LogP contribution in [0.3, 0.4) is 0 Å². The number of hydrogen-bond acceptors (Lipinski definition) is 12. The largest absolute Gasteiger partial charge is 0.506 e. The van der Waals surface area contributed by atoms with E-state index in [4.69, 9.17) is 27.6 Å². The van der Waals surface area contributed by atoms with Crippen LogP contribution in [0.5, 0.6) is 5.75 Å². The lowest BCUT2D eigenvalue weighted by Crippen LogP contribution is -2.27. The van der Waals surface area contributed by atoms with Crippen molar-refractivity contribution in [2.75, 3.05) is 13.2 Å². The first-order chi connectivity index (χ1) is 32.6. The Labute approximate surface area is 395 Å². The number of aromatic hydroxyl groups is 1. The van der Waals surface area contributed by atoms with Crippen LogP contribution < -0.4 is 10.7 Å². The van der Waals surface area contributed by atoms with E-state index in [1.165, 1.54) is 30.3 Å². The maximum atomic E-state index is 14.6. The van der Waals surface area contributed by atoms with Crippen molar-refractivity contribution in [1.29, 1.82) is 0 Å². The number of rotatable bonds is 19. The minimum absolute atomic E-state index is 0.0190. The van der Waals surface area contributed by atoms with Crippen LogP contribution in [0.2, 0.25) is 10.0 Å². The van der Waals surface area contributed by atoms with Crippen LogP contribution in [0, 0.1) is 0 Å². The molecule has 0 fully saturated rings. The number of aliphatic hydroxyl groups excluding tert-OH is 1. The fourth-order valence-electron chi connectivity index (χ4n) is 8.06. The summed E-state index contributed by atoms with van der Waals surface area (Å²) >= 11 is 13.9. The highest BCUT2D eigenvalue weighted by Crippen LogP contribution is 2.48. The molecule has 67 heavy (non-hydrogen) atoms. The van der Waals surface area contributed by atoms with Crippen LogP contribution in [-0.2, 0) is 39.3 Å². The molecule has 340 valence electrons. The molecule has 1 amide bonds. The van der Waals surface area contributed by atoms with Crippen molar-refractivity contribution < 1.29 is 29.3 Å². The minimum Gasteiger partial charge on any atom is -0.506 e. The van der Waals surface area contributed by atoms with Crippen LogP contribution in [0.1, 0.15) is 67.5 Å². The third-order valence-electron chi connectivity index (χ3n) is 11.2. The third kappa shape index (κ3) is 11.0. The molecule has 4 aromatic heterocycles. The van der Waals surface area contributed by atoms with Crippen molar-refractivity contribution in [3.63, 3.8) is 0 Å². The standard InChI is InChI=1S/C51H45Cl2N7O7/c52-43-24-39-45(38-23-32(15-16-37(38)51(65)66)50(64)58-21-9-10-22-61)40-25-44(53)47(63)42(31-60(28-35-13-3-7-19-56-35)29-36-14-4-8-20-57-36)49(40)67-48(39)41(46(43)62)30-59(26-33-11-1-5-17-54-33)27-34-12-2-6-18-55-34/h1-8,11-20,23-25,61-62H,9-10,21-22,26-31H2,(H,58,64)(H,65,66). The number of hydrogen-bond donors (Lipinski definition) is 4. The van der Waals surface area contributed by atoms with Gasteiger partial charge in [-0.05, 0) is 97.3 Å². The first-order valence-corrected chi connectivity index (χ1v) is 22.3. The Morgan fingerprint density at radius 3 is 1.67 bits per heavy atom. The van der Waals surface area contributed by atoms with Gasteiger partial charge in [-0.1, -0.05) is 47.5 Å². The van der Waals surface area contributed by atoms with Crippen LogP contribution in [-0.4, -0.2) is 70.1 Å². The normalized spacial score (nSPS) is 11.5. The second kappa shape index (κ2) is 21.5.